The van der Waals surface area contributed by atoms with Crippen LogP contribution in [0.1, 0.15) is 10.9 Å². The van der Waals surface area contributed by atoms with Gasteiger partial charge in [-0.2, -0.15) is 12.6 Å². The molecular weight excluding hydrogens is 200 g/mol. The second kappa shape index (κ2) is 3.38. The highest BCUT2D eigenvalue weighted by atomic mass is 32.1. The van der Waals surface area contributed by atoms with Gasteiger partial charge in [-0.15, -0.1) is 11.3 Å². The Bertz CT molecular complexity index is 316. The molecule has 0 bridgehead atoms. The van der Waals surface area contributed by atoms with Crippen molar-refractivity contribution < 1.29 is 4.79 Å². The molecule has 1 aromatic rings. The second-order valence-electron chi connectivity index (χ2n) is 1.91. The molecule has 0 spiro atoms. The lowest BCUT2D eigenvalue weighted by atomic mass is 10.3. The van der Waals surface area contributed by atoms with Gasteiger partial charge < -0.3 is 10.7 Å². The van der Waals surface area contributed by atoms with Crippen molar-refractivity contribution in [2.75, 3.05) is 0 Å². The maximum Gasteiger partial charge on any atom is 0.236 e. The predicted octanol–water partition coefficient (Wildman–Crippen LogP) is 1.26. The van der Waals surface area contributed by atoms with Gasteiger partial charge in [-0.05, 0) is 12.2 Å². The summed E-state index contributed by atoms with van der Waals surface area (Å²) in [7, 11) is 0. The fraction of sp³-hybridized carbons (Fsp3) is 0.200. The number of nitrogens with two attached hydrogens (primary N) is 1. The van der Waals surface area contributed by atoms with Crippen LogP contribution in [0.4, 0.5) is 0 Å². The first-order valence-corrected chi connectivity index (χ1v) is 4.57. The molecule has 1 amide bonds. The third-order valence-corrected chi connectivity index (χ3v) is 2.71. The summed E-state index contributed by atoms with van der Waals surface area (Å²) in [5.74, 6) is -0.475. The van der Waals surface area contributed by atoms with E-state index in [1.165, 1.54) is 11.3 Å². The number of primary amides is 1. The van der Waals surface area contributed by atoms with Crippen molar-refractivity contribution in [3.8, 4) is 0 Å². The van der Waals surface area contributed by atoms with Crippen LogP contribution in [0.15, 0.2) is 5.38 Å². The fourth-order valence-electron chi connectivity index (χ4n) is 0.580. The smallest absolute Gasteiger partial charge is 0.236 e. The topological polar surface area (TPSA) is 58.9 Å². The van der Waals surface area contributed by atoms with Gasteiger partial charge in [0.05, 0.1) is 0 Å². The Morgan fingerprint density at radius 1 is 1.91 bits per heavy atom. The van der Waals surface area contributed by atoms with E-state index in [1.54, 1.807) is 5.38 Å². The van der Waals surface area contributed by atoms with E-state index in [0.717, 1.165) is 0 Å². The predicted molar refractivity (Wildman–Crippen MR) is 50.4 cm³/mol. The number of carbonyl (C=O) groups excluding carboxylic acids is 1. The van der Waals surface area contributed by atoms with Crippen LogP contribution in [0.5, 0.6) is 0 Å². The lowest BCUT2D eigenvalue weighted by Crippen LogP contribution is -2.17. The normalized spacial score (nSPS) is 12.8. The van der Waals surface area contributed by atoms with Crippen LogP contribution in [0.25, 0.3) is 0 Å². The molecule has 0 saturated carbocycles. The van der Waals surface area contributed by atoms with Crippen molar-refractivity contribution in [3.63, 3.8) is 0 Å². The minimum Gasteiger partial charge on any atom is -0.368 e. The third kappa shape index (κ3) is 2.05. The Balaban J connectivity index is 2.93. The molecule has 60 valence electrons. The van der Waals surface area contributed by atoms with Crippen LogP contribution in [0, 0.1) is 3.95 Å². The molecule has 11 heavy (non-hydrogen) atoms. The van der Waals surface area contributed by atoms with E-state index in [9.17, 15) is 4.79 Å². The molecule has 0 aliphatic rings. The van der Waals surface area contributed by atoms with Gasteiger partial charge in [0.25, 0.3) is 0 Å². The molecule has 0 fully saturated rings. The number of amides is 1. The Morgan fingerprint density at radius 3 is 2.91 bits per heavy atom. The summed E-state index contributed by atoms with van der Waals surface area (Å²) in [5, 5.41) is 1.16. The zero-order valence-electron chi connectivity index (χ0n) is 5.40. The van der Waals surface area contributed by atoms with E-state index in [4.69, 9.17) is 18.0 Å². The first kappa shape index (κ1) is 8.76. The van der Waals surface area contributed by atoms with Crippen LogP contribution < -0.4 is 5.73 Å². The van der Waals surface area contributed by atoms with Crippen molar-refractivity contribution in [3.05, 3.63) is 15.0 Å². The highest BCUT2D eigenvalue weighted by Gasteiger charge is 2.13. The average Bonchev–Trinajstić information content (AvgIpc) is 2.34. The van der Waals surface area contributed by atoms with Crippen LogP contribution in [-0.4, -0.2) is 10.9 Å². The zero-order chi connectivity index (χ0) is 8.43. The Labute approximate surface area is 78.0 Å². The quantitative estimate of drug-likeness (QED) is 0.504. The number of hydrogen-bond acceptors (Lipinski definition) is 4. The summed E-state index contributed by atoms with van der Waals surface area (Å²) >= 11 is 10.2. The maximum atomic E-state index is 10.6. The van der Waals surface area contributed by atoms with Gasteiger partial charge >= 0.3 is 0 Å². The minimum absolute atomic E-state index is 0.475. The molecular formula is C5H6N2OS3. The average molecular weight is 206 g/mol. The maximum absolute atomic E-state index is 10.6. The first-order valence-electron chi connectivity index (χ1n) is 2.76. The van der Waals surface area contributed by atoms with Gasteiger partial charge in [-0.25, -0.2) is 0 Å². The van der Waals surface area contributed by atoms with Crippen molar-refractivity contribution >= 4 is 42.1 Å². The highest BCUT2D eigenvalue weighted by Crippen LogP contribution is 2.19. The Hall–Kier alpha value is -0.330. The van der Waals surface area contributed by atoms with Gasteiger partial charge in [-0.3, -0.25) is 4.79 Å². The lowest BCUT2D eigenvalue weighted by Gasteiger charge is -2.00. The molecule has 0 aliphatic carbocycles. The van der Waals surface area contributed by atoms with Gasteiger partial charge in [0, 0.05) is 11.1 Å². The van der Waals surface area contributed by atoms with Crippen LogP contribution in [0.2, 0.25) is 0 Å². The monoisotopic (exact) mass is 206 g/mol. The van der Waals surface area contributed by atoms with Crippen LogP contribution >= 0.6 is 36.2 Å². The highest BCUT2D eigenvalue weighted by molar-refractivity contribution is 7.81. The number of thiol groups is 1. The molecule has 0 radical (unpaired) electrons. The summed E-state index contributed by atoms with van der Waals surface area (Å²) in [6.07, 6.45) is 0. The number of aromatic nitrogens is 1. The van der Waals surface area contributed by atoms with Crippen molar-refractivity contribution in [2.24, 2.45) is 5.73 Å². The molecule has 0 saturated heterocycles. The number of hydrogen-bond donors (Lipinski definition) is 3. The summed E-state index contributed by atoms with van der Waals surface area (Å²) in [5.41, 5.74) is 5.68. The summed E-state index contributed by atoms with van der Waals surface area (Å²) in [6.45, 7) is 0. The molecule has 1 heterocycles. The largest absolute Gasteiger partial charge is 0.368 e. The van der Waals surface area contributed by atoms with Gasteiger partial charge in [0.2, 0.25) is 5.91 Å². The molecule has 3 N–H and O–H groups in total. The van der Waals surface area contributed by atoms with E-state index < -0.39 is 11.2 Å². The number of thiazole rings is 1. The SMILES string of the molecule is NC(=O)C(S)c1csc(=S)[nH]1. The van der Waals surface area contributed by atoms with Gasteiger partial charge in [0.1, 0.15) is 5.25 Å². The third-order valence-electron chi connectivity index (χ3n) is 1.10. The van der Waals surface area contributed by atoms with E-state index in [0.29, 0.717) is 9.65 Å². The fourth-order valence-corrected chi connectivity index (χ4v) is 1.69. The Morgan fingerprint density at radius 2 is 2.55 bits per heavy atom. The van der Waals surface area contributed by atoms with E-state index in [2.05, 4.69) is 17.6 Å². The summed E-state index contributed by atoms with van der Waals surface area (Å²) in [4.78, 5) is 13.4. The number of carbonyl (C=O) groups is 1. The van der Waals surface area contributed by atoms with Gasteiger partial charge in [0.15, 0.2) is 3.95 Å². The molecule has 1 rings (SSSR count). The molecule has 0 aliphatic heterocycles. The van der Waals surface area contributed by atoms with E-state index in [1.807, 2.05) is 0 Å². The van der Waals surface area contributed by atoms with Crippen LogP contribution in [-0.2, 0) is 4.79 Å². The second-order valence-corrected chi connectivity index (χ2v) is 3.97. The number of H-pyrrole nitrogens is 1. The van der Waals surface area contributed by atoms with Crippen molar-refractivity contribution in [2.45, 2.75) is 5.25 Å². The van der Waals surface area contributed by atoms with Crippen molar-refractivity contribution in [1.29, 1.82) is 0 Å². The summed E-state index contributed by atoms with van der Waals surface area (Å²) in [6, 6.07) is 0. The van der Waals surface area contributed by atoms with Gasteiger partial charge in [-0.1, -0.05) is 0 Å². The number of aromatic amines is 1. The van der Waals surface area contributed by atoms with E-state index in [-0.39, 0.29) is 0 Å². The van der Waals surface area contributed by atoms with Crippen LogP contribution in [0.3, 0.4) is 0 Å². The minimum atomic E-state index is -0.581. The molecule has 3 nitrogen and oxygen atoms in total. The zero-order valence-corrected chi connectivity index (χ0v) is 7.93. The number of nitrogens with one attached hydrogen (secondary N) is 1. The van der Waals surface area contributed by atoms with E-state index >= 15 is 0 Å². The summed E-state index contributed by atoms with van der Waals surface area (Å²) < 4.78 is 0.625. The van der Waals surface area contributed by atoms with Crippen molar-refractivity contribution in [1.82, 2.24) is 4.98 Å². The lowest BCUT2D eigenvalue weighted by molar-refractivity contribution is -0.117. The molecule has 1 unspecified atom stereocenters. The number of rotatable bonds is 2. The molecule has 1 atom stereocenters. The standard InChI is InChI=1S/C5H6N2OS3/c6-4(8)3(9)2-1-11-5(10)7-2/h1,3,9H,(H2,6,8)(H,7,10). The first-order chi connectivity index (χ1) is 5.11. The molecule has 6 heteroatoms. The molecule has 0 aromatic carbocycles. The Kier molecular flexibility index (Phi) is 2.69. The molecule has 1 aromatic heterocycles.